The Morgan fingerprint density at radius 3 is 2.25 bits per heavy atom. The van der Waals surface area contributed by atoms with Crippen molar-refractivity contribution in [1.29, 1.82) is 0 Å². The predicted molar refractivity (Wildman–Crippen MR) is 91.5 cm³/mol. The molecule has 2 saturated heterocycles. The van der Waals surface area contributed by atoms with E-state index in [1.807, 2.05) is 0 Å². The summed E-state index contributed by atoms with van der Waals surface area (Å²) in [5.41, 5.74) is 0. The van der Waals surface area contributed by atoms with Crippen LogP contribution in [-0.2, 0) is 0 Å². The standard InChI is InChI=1S/C15H27N3S2/c19-15(16-13-3-1-2-4-13)18-9-7-17(8-10-18)14-5-11-20-12-6-14/h13-14H,1-12H2,(H,16,19). The van der Waals surface area contributed by atoms with Gasteiger partial charge in [-0.05, 0) is 49.4 Å². The second-order valence-corrected chi connectivity index (χ2v) is 7.91. The highest BCUT2D eigenvalue weighted by molar-refractivity contribution is 7.99. The van der Waals surface area contributed by atoms with Gasteiger partial charge in [-0.2, -0.15) is 11.8 Å². The molecule has 0 aromatic carbocycles. The van der Waals surface area contributed by atoms with E-state index in [-0.39, 0.29) is 0 Å². The molecule has 0 radical (unpaired) electrons. The first-order valence-corrected chi connectivity index (χ1v) is 9.76. The zero-order valence-corrected chi connectivity index (χ0v) is 14.0. The van der Waals surface area contributed by atoms with Crippen LogP contribution in [0.25, 0.3) is 0 Å². The van der Waals surface area contributed by atoms with Crippen molar-refractivity contribution in [2.75, 3.05) is 37.7 Å². The first-order valence-electron chi connectivity index (χ1n) is 8.20. The van der Waals surface area contributed by atoms with Crippen LogP contribution in [0.4, 0.5) is 0 Å². The molecular weight excluding hydrogens is 286 g/mol. The minimum absolute atomic E-state index is 0.649. The van der Waals surface area contributed by atoms with Crippen molar-refractivity contribution < 1.29 is 0 Å². The fourth-order valence-electron chi connectivity index (χ4n) is 3.68. The Labute approximate surface area is 132 Å². The molecule has 0 amide bonds. The number of rotatable bonds is 2. The van der Waals surface area contributed by atoms with Gasteiger partial charge in [0.2, 0.25) is 0 Å². The Morgan fingerprint density at radius 2 is 1.60 bits per heavy atom. The summed E-state index contributed by atoms with van der Waals surface area (Å²) in [6, 6.07) is 1.49. The Balaban J connectivity index is 1.41. The van der Waals surface area contributed by atoms with E-state index in [1.54, 1.807) is 0 Å². The molecule has 3 aliphatic rings. The summed E-state index contributed by atoms with van der Waals surface area (Å²) in [6.45, 7) is 4.62. The molecule has 0 bridgehead atoms. The average Bonchev–Trinajstić information content (AvgIpc) is 3.01. The van der Waals surface area contributed by atoms with Gasteiger partial charge in [0, 0.05) is 38.3 Å². The fourth-order valence-corrected chi connectivity index (χ4v) is 5.11. The molecule has 20 heavy (non-hydrogen) atoms. The molecule has 114 valence electrons. The maximum absolute atomic E-state index is 5.60. The van der Waals surface area contributed by atoms with E-state index in [1.165, 1.54) is 63.1 Å². The molecule has 2 aliphatic heterocycles. The van der Waals surface area contributed by atoms with E-state index < -0.39 is 0 Å². The van der Waals surface area contributed by atoms with Crippen molar-refractivity contribution >= 4 is 29.1 Å². The van der Waals surface area contributed by atoms with Crippen LogP contribution in [-0.4, -0.2) is 64.7 Å². The normalized spacial score (nSPS) is 26.9. The highest BCUT2D eigenvalue weighted by Gasteiger charge is 2.27. The number of hydrogen-bond acceptors (Lipinski definition) is 3. The second-order valence-electron chi connectivity index (χ2n) is 6.30. The zero-order chi connectivity index (χ0) is 13.8. The van der Waals surface area contributed by atoms with Gasteiger partial charge in [0.1, 0.15) is 0 Å². The number of hydrogen-bond donors (Lipinski definition) is 1. The third kappa shape index (κ3) is 3.80. The summed E-state index contributed by atoms with van der Waals surface area (Å²) in [5, 5.41) is 4.59. The molecule has 0 spiro atoms. The van der Waals surface area contributed by atoms with Crippen molar-refractivity contribution in [3.8, 4) is 0 Å². The van der Waals surface area contributed by atoms with Gasteiger partial charge in [0.15, 0.2) is 5.11 Å². The van der Waals surface area contributed by atoms with E-state index >= 15 is 0 Å². The molecule has 1 saturated carbocycles. The fraction of sp³-hybridized carbons (Fsp3) is 0.933. The van der Waals surface area contributed by atoms with Crippen molar-refractivity contribution in [1.82, 2.24) is 15.1 Å². The summed E-state index contributed by atoms with van der Waals surface area (Å²) in [5.74, 6) is 2.71. The van der Waals surface area contributed by atoms with E-state index in [2.05, 4.69) is 26.9 Å². The van der Waals surface area contributed by atoms with Gasteiger partial charge in [0.05, 0.1) is 0 Å². The van der Waals surface area contributed by atoms with Gasteiger partial charge in [-0.1, -0.05) is 12.8 Å². The lowest BCUT2D eigenvalue weighted by atomic mass is 10.1. The van der Waals surface area contributed by atoms with E-state index in [4.69, 9.17) is 12.2 Å². The Hall–Kier alpha value is -0.0000000000000000555. The highest BCUT2D eigenvalue weighted by atomic mass is 32.2. The molecule has 5 heteroatoms. The number of piperazine rings is 1. The van der Waals surface area contributed by atoms with Crippen LogP contribution in [0.15, 0.2) is 0 Å². The summed E-state index contributed by atoms with van der Waals surface area (Å²) in [6.07, 6.45) is 8.12. The summed E-state index contributed by atoms with van der Waals surface area (Å²) in [4.78, 5) is 5.09. The van der Waals surface area contributed by atoms with Crippen LogP contribution < -0.4 is 5.32 Å². The van der Waals surface area contributed by atoms with E-state index in [0.717, 1.165) is 24.2 Å². The van der Waals surface area contributed by atoms with Crippen molar-refractivity contribution in [2.45, 2.75) is 50.6 Å². The summed E-state index contributed by atoms with van der Waals surface area (Å²) < 4.78 is 0. The molecule has 3 rings (SSSR count). The number of nitrogens with one attached hydrogen (secondary N) is 1. The van der Waals surface area contributed by atoms with Crippen LogP contribution in [0.2, 0.25) is 0 Å². The maximum Gasteiger partial charge on any atom is 0.169 e. The van der Waals surface area contributed by atoms with Crippen LogP contribution >= 0.6 is 24.0 Å². The van der Waals surface area contributed by atoms with Gasteiger partial charge in [0.25, 0.3) is 0 Å². The lowest BCUT2D eigenvalue weighted by molar-refractivity contribution is 0.125. The number of nitrogens with zero attached hydrogens (tertiary/aromatic N) is 2. The molecular formula is C15H27N3S2. The van der Waals surface area contributed by atoms with Crippen molar-refractivity contribution in [3.05, 3.63) is 0 Å². The lowest BCUT2D eigenvalue weighted by Crippen LogP contribution is -2.55. The largest absolute Gasteiger partial charge is 0.360 e. The third-order valence-corrected chi connectivity index (χ3v) is 6.42. The van der Waals surface area contributed by atoms with Gasteiger partial charge in [-0.15, -0.1) is 0 Å². The monoisotopic (exact) mass is 313 g/mol. The zero-order valence-electron chi connectivity index (χ0n) is 12.4. The molecule has 1 aliphatic carbocycles. The molecule has 0 aromatic rings. The van der Waals surface area contributed by atoms with Crippen LogP contribution in [0.1, 0.15) is 38.5 Å². The number of thioether (sulfide) groups is 1. The first-order chi connectivity index (χ1) is 9.83. The van der Waals surface area contributed by atoms with E-state index in [0.29, 0.717) is 6.04 Å². The molecule has 3 fully saturated rings. The van der Waals surface area contributed by atoms with Gasteiger partial charge in [-0.25, -0.2) is 0 Å². The van der Waals surface area contributed by atoms with Crippen LogP contribution in [0.3, 0.4) is 0 Å². The van der Waals surface area contributed by atoms with Crippen molar-refractivity contribution in [2.24, 2.45) is 0 Å². The lowest BCUT2D eigenvalue weighted by Gasteiger charge is -2.41. The average molecular weight is 314 g/mol. The summed E-state index contributed by atoms with van der Waals surface area (Å²) >= 11 is 7.72. The van der Waals surface area contributed by atoms with Crippen LogP contribution in [0.5, 0.6) is 0 Å². The Kier molecular flexibility index (Phi) is 5.46. The topological polar surface area (TPSA) is 18.5 Å². The molecule has 2 heterocycles. The maximum atomic E-state index is 5.60. The Bertz CT molecular complexity index is 317. The highest BCUT2D eigenvalue weighted by Crippen LogP contribution is 2.23. The van der Waals surface area contributed by atoms with Gasteiger partial charge in [-0.3, -0.25) is 4.90 Å². The molecule has 0 aromatic heterocycles. The Morgan fingerprint density at radius 1 is 0.950 bits per heavy atom. The third-order valence-electron chi connectivity index (χ3n) is 4.99. The summed E-state index contributed by atoms with van der Waals surface area (Å²) in [7, 11) is 0. The smallest absolute Gasteiger partial charge is 0.169 e. The first kappa shape index (κ1) is 14.9. The second kappa shape index (κ2) is 7.32. The quantitative estimate of drug-likeness (QED) is 0.786. The SMILES string of the molecule is S=C(NC1CCCC1)N1CCN(C2CCSCC2)CC1. The minimum Gasteiger partial charge on any atom is -0.360 e. The molecule has 3 nitrogen and oxygen atoms in total. The van der Waals surface area contributed by atoms with Gasteiger partial charge < -0.3 is 10.2 Å². The van der Waals surface area contributed by atoms with Crippen molar-refractivity contribution in [3.63, 3.8) is 0 Å². The number of thiocarbonyl (C=S) groups is 1. The van der Waals surface area contributed by atoms with E-state index in [9.17, 15) is 0 Å². The molecule has 1 N–H and O–H groups in total. The minimum atomic E-state index is 0.649. The predicted octanol–water partition coefficient (Wildman–Crippen LogP) is 2.32. The van der Waals surface area contributed by atoms with Crippen LogP contribution in [0, 0.1) is 0 Å². The molecule has 0 unspecified atom stereocenters. The van der Waals surface area contributed by atoms with Gasteiger partial charge >= 0.3 is 0 Å². The molecule has 0 atom stereocenters.